The van der Waals surface area contributed by atoms with Crippen LogP contribution in [0.4, 0.5) is 0 Å². The van der Waals surface area contributed by atoms with Gasteiger partial charge in [0.1, 0.15) is 0 Å². The van der Waals surface area contributed by atoms with Crippen LogP contribution in [0.25, 0.3) is 0 Å². The third kappa shape index (κ3) is 19.0. The van der Waals surface area contributed by atoms with Gasteiger partial charge in [-0.2, -0.15) is 8.42 Å². The van der Waals surface area contributed by atoms with E-state index < -0.39 is 15.4 Å². The maximum Gasteiger partial charge on any atom is 0.267 e. The molecule has 4 nitrogen and oxygen atoms in total. The molecule has 0 aromatic heterocycles. The van der Waals surface area contributed by atoms with Crippen LogP contribution in [-0.4, -0.2) is 29.4 Å². The van der Waals surface area contributed by atoms with Gasteiger partial charge >= 0.3 is 0 Å². The molecule has 0 bridgehead atoms. The second-order valence-electron chi connectivity index (χ2n) is 8.30. The molecule has 0 saturated carbocycles. The van der Waals surface area contributed by atoms with Crippen LogP contribution in [0, 0.1) is 0 Å². The Balaban J connectivity index is 3.27. The summed E-state index contributed by atoms with van der Waals surface area (Å²) in [7, 11) is -3.85. The molecule has 2 N–H and O–H groups in total. The van der Waals surface area contributed by atoms with Crippen molar-refractivity contribution >= 4 is 10.1 Å². The fourth-order valence-corrected chi connectivity index (χ4v) is 3.97. The third-order valence-corrected chi connectivity index (χ3v) is 6.80. The van der Waals surface area contributed by atoms with Crippen LogP contribution < -0.4 is 0 Å². The Bertz CT molecular complexity index is 409. The summed E-state index contributed by atoms with van der Waals surface area (Å²) in [6.45, 7) is 3.81. The van der Waals surface area contributed by atoms with Crippen LogP contribution in [0.1, 0.15) is 129 Å². The topological polar surface area (TPSA) is 74.6 Å². The van der Waals surface area contributed by atoms with Crippen molar-refractivity contribution in [3.8, 4) is 0 Å². The molecule has 0 aliphatic rings. The van der Waals surface area contributed by atoms with E-state index in [2.05, 4.69) is 6.92 Å². The number of rotatable bonds is 20. The van der Waals surface area contributed by atoms with E-state index >= 15 is 0 Å². The second kappa shape index (κ2) is 17.9. The highest BCUT2D eigenvalue weighted by molar-refractivity contribution is 7.86. The first-order valence-electron chi connectivity index (χ1n) is 11.5. The van der Waals surface area contributed by atoms with Crippen molar-refractivity contribution in [2.24, 2.45) is 0 Å². The Kier molecular flexibility index (Phi) is 17.8. The zero-order valence-electron chi connectivity index (χ0n) is 18.0. The average Bonchev–Trinajstić information content (AvgIpc) is 2.61. The molecule has 27 heavy (non-hydrogen) atoms. The molecule has 0 radical (unpaired) electrons. The van der Waals surface area contributed by atoms with Crippen molar-refractivity contribution in [1.29, 1.82) is 0 Å². The minimum absolute atomic E-state index is 0.106. The van der Waals surface area contributed by atoms with Gasteiger partial charge in [0.2, 0.25) is 0 Å². The van der Waals surface area contributed by atoms with Crippen LogP contribution in [0.2, 0.25) is 0 Å². The summed E-state index contributed by atoms with van der Waals surface area (Å²) < 4.78 is 30.7. The van der Waals surface area contributed by atoms with E-state index in [4.69, 9.17) is 4.55 Å². The Morgan fingerprint density at radius 1 is 0.630 bits per heavy atom. The predicted octanol–water partition coefficient (Wildman–Crippen LogP) is 6.67. The number of aliphatic hydroxyl groups excluding tert-OH is 1. The van der Waals surface area contributed by atoms with Crippen molar-refractivity contribution < 1.29 is 18.1 Å². The van der Waals surface area contributed by atoms with Crippen molar-refractivity contribution in [2.75, 3.05) is 0 Å². The lowest BCUT2D eigenvalue weighted by Gasteiger charge is -2.10. The molecule has 0 saturated heterocycles. The summed E-state index contributed by atoms with van der Waals surface area (Å²) in [4.78, 5) is 0. The summed E-state index contributed by atoms with van der Waals surface area (Å²) in [5, 5.41) is 9.40. The number of hydrogen-bond acceptors (Lipinski definition) is 3. The summed E-state index contributed by atoms with van der Waals surface area (Å²) in [5.74, 6) is 0. The standard InChI is InChI=1S/C22H46O4S/c1-3-4-5-6-9-13-16-19-22(23)20-17-14-11-8-7-10-12-15-18-21(2)27(24,25)26/h21-23H,3-20H2,1-2H3,(H,24,25,26). The van der Waals surface area contributed by atoms with Crippen LogP contribution in [0.15, 0.2) is 0 Å². The lowest BCUT2D eigenvalue weighted by Crippen LogP contribution is -2.16. The number of hydrogen-bond donors (Lipinski definition) is 2. The van der Waals surface area contributed by atoms with Gasteiger partial charge in [0, 0.05) is 0 Å². The van der Waals surface area contributed by atoms with E-state index in [0.29, 0.717) is 6.42 Å². The molecule has 0 aliphatic carbocycles. The van der Waals surface area contributed by atoms with E-state index in [-0.39, 0.29) is 6.10 Å². The highest BCUT2D eigenvalue weighted by Gasteiger charge is 2.15. The molecule has 2 unspecified atom stereocenters. The third-order valence-electron chi connectivity index (χ3n) is 5.55. The molecule has 5 heteroatoms. The maximum absolute atomic E-state index is 10.9. The SMILES string of the molecule is CCCCCCCCCC(O)CCCCCCCCCCC(C)S(=O)(=O)O. The molecule has 164 valence electrons. The van der Waals surface area contributed by atoms with E-state index in [1.165, 1.54) is 70.6 Å². The van der Waals surface area contributed by atoms with Crippen molar-refractivity contribution in [2.45, 2.75) is 141 Å². The zero-order chi connectivity index (χ0) is 20.4. The van der Waals surface area contributed by atoms with Crippen LogP contribution >= 0.6 is 0 Å². The highest BCUT2D eigenvalue weighted by Crippen LogP contribution is 2.16. The first-order chi connectivity index (χ1) is 12.9. The minimum Gasteiger partial charge on any atom is -0.393 e. The molecule has 0 aliphatic heterocycles. The van der Waals surface area contributed by atoms with Gasteiger partial charge in [0.15, 0.2) is 0 Å². The summed E-state index contributed by atoms with van der Waals surface area (Å²) in [6.07, 6.45) is 20.5. The number of unbranched alkanes of at least 4 members (excludes halogenated alkanes) is 13. The molecule has 0 fully saturated rings. The lowest BCUT2D eigenvalue weighted by molar-refractivity contribution is 0.147. The van der Waals surface area contributed by atoms with Gasteiger partial charge < -0.3 is 5.11 Å². The Morgan fingerprint density at radius 3 is 1.33 bits per heavy atom. The van der Waals surface area contributed by atoms with Gasteiger partial charge in [-0.05, 0) is 26.2 Å². The quantitative estimate of drug-likeness (QED) is 0.175. The molecule has 0 spiro atoms. The zero-order valence-corrected chi connectivity index (χ0v) is 18.8. The summed E-state index contributed by atoms with van der Waals surface area (Å²) >= 11 is 0. The van der Waals surface area contributed by atoms with Gasteiger partial charge in [-0.3, -0.25) is 4.55 Å². The summed E-state index contributed by atoms with van der Waals surface area (Å²) in [6, 6.07) is 0. The van der Waals surface area contributed by atoms with Crippen molar-refractivity contribution in [3.05, 3.63) is 0 Å². The molecule has 2 atom stereocenters. The second-order valence-corrected chi connectivity index (χ2v) is 10.1. The Morgan fingerprint density at radius 2 is 0.963 bits per heavy atom. The van der Waals surface area contributed by atoms with Gasteiger partial charge in [0.05, 0.1) is 11.4 Å². The van der Waals surface area contributed by atoms with E-state index in [0.717, 1.165) is 38.5 Å². The fraction of sp³-hybridized carbons (Fsp3) is 1.00. The van der Waals surface area contributed by atoms with Gasteiger partial charge in [-0.15, -0.1) is 0 Å². The van der Waals surface area contributed by atoms with E-state index in [1.54, 1.807) is 6.92 Å². The lowest BCUT2D eigenvalue weighted by atomic mass is 10.0. The smallest absolute Gasteiger partial charge is 0.267 e. The molecular weight excluding hydrogens is 360 g/mol. The molecule has 0 heterocycles. The van der Waals surface area contributed by atoms with E-state index in [9.17, 15) is 13.5 Å². The monoisotopic (exact) mass is 406 g/mol. The first-order valence-corrected chi connectivity index (χ1v) is 13.0. The predicted molar refractivity (Wildman–Crippen MR) is 116 cm³/mol. The first kappa shape index (κ1) is 26.9. The fourth-order valence-electron chi connectivity index (χ4n) is 3.50. The van der Waals surface area contributed by atoms with Crippen LogP contribution in [-0.2, 0) is 10.1 Å². The number of aliphatic hydroxyl groups is 1. The largest absolute Gasteiger partial charge is 0.393 e. The van der Waals surface area contributed by atoms with Gasteiger partial charge in [-0.25, -0.2) is 0 Å². The normalized spacial score (nSPS) is 14.4. The molecule has 0 rings (SSSR count). The highest BCUT2D eigenvalue weighted by atomic mass is 32.2. The Labute approximate surface area is 169 Å². The maximum atomic E-state index is 10.9. The van der Waals surface area contributed by atoms with Crippen LogP contribution in [0.3, 0.4) is 0 Å². The Hall–Kier alpha value is -0.130. The summed E-state index contributed by atoms with van der Waals surface area (Å²) in [5.41, 5.74) is 0. The van der Waals surface area contributed by atoms with E-state index in [1.807, 2.05) is 0 Å². The van der Waals surface area contributed by atoms with Gasteiger partial charge in [-0.1, -0.05) is 103 Å². The minimum atomic E-state index is -3.85. The molecular formula is C22H46O4S. The molecule has 0 aromatic carbocycles. The molecule has 0 aromatic rings. The molecule has 0 amide bonds. The van der Waals surface area contributed by atoms with Gasteiger partial charge in [0.25, 0.3) is 10.1 Å². The van der Waals surface area contributed by atoms with Crippen molar-refractivity contribution in [1.82, 2.24) is 0 Å². The average molecular weight is 407 g/mol. The van der Waals surface area contributed by atoms with Crippen LogP contribution in [0.5, 0.6) is 0 Å². The van der Waals surface area contributed by atoms with Crippen molar-refractivity contribution in [3.63, 3.8) is 0 Å².